The van der Waals surface area contributed by atoms with Crippen LogP contribution in [-0.2, 0) is 11.2 Å². The molecule has 0 fully saturated rings. The number of hydrogen-bond donors (Lipinski definition) is 2. The van der Waals surface area contributed by atoms with Crippen LogP contribution in [0.15, 0.2) is 18.2 Å². The molecule has 4 nitrogen and oxygen atoms in total. The fourth-order valence-corrected chi connectivity index (χ4v) is 2.12. The molecule has 0 saturated heterocycles. The number of hydrogen-bond acceptors (Lipinski definition) is 2. The Balaban J connectivity index is 2.13. The molecule has 96 valence electrons. The van der Waals surface area contributed by atoms with Crippen LogP contribution in [0.2, 0.25) is 0 Å². The summed E-state index contributed by atoms with van der Waals surface area (Å²) in [7, 11) is 0. The number of benzene rings is 1. The largest absolute Gasteiger partial charge is 0.349 e. The summed E-state index contributed by atoms with van der Waals surface area (Å²) in [6, 6.07) is 5.57. The molecule has 1 heterocycles. The molecule has 0 aromatic heterocycles. The maximum Gasteiger partial charge on any atom is 0.251 e. The monoisotopic (exact) mass is 246 g/mol. The summed E-state index contributed by atoms with van der Waals surface area (Å²) in [6.07, 6.45) is 2.25. The number of anilines is 1. The number of rotatable bonds is 4. The molecule has 0 unspecified atom stereocenters. The summed E-state index contributed by atoms with van der Waals surface area (Å²) >= 11 is 0. The van der Waals surface area contributed by atoms with E-state index >= 15 is 0 Å². The number of carbonyl (C=O) groups excluding carboxylic acids is 2. The van der Waals surface area contributed by atoms with Crippen molar-refractivity contribution in [3.8, 4) is 0 Å². The third-order valence-corrected chi connectivity index (χ3v) is 3.32. The van der Waals surface area contributed by atoms with Crippen LogP contribution in [0.25, 0.3) is 0 Å². The Morgan fingerprint density at radius 2 is 2.11 bits per heavy atom. The molecule has 0 aliphatic carbocycles. The SMILES string of the molecule is CCC(CC)NC(=O)c1ccc2c(c1)NC(=O)C2. The predicted molar refractivity (Wildman–Crippen MR) is 70.6 cm³/mol. The molecule has 2 N–H and O–H groups in total. The van der Waals surface area contributed by atoms with Gasteiger partial charge in [-0.25, -0.2) is 0 Å². The van der Waals surface area contributed by atoms with E-state index in [1.54, 1.807) is 12.1 Å². The summed E-state index contributed by atoms with van der Waals surface area (Å²) in [5.74, 6) is -0.0878. The van der Waals surface area contributed by atoms with Crippen molar-refractivity contribution in [2.45, 2.75) is 39.2 Å². The molecule has 0 atom stereocenters. The number of carbonyl (C=O) groups is 2. The van der Waals surface area contributed by atoms with Gasteiger partial charge in [0.15, 0.2) is 0 Å². The van der Waals surface area contributed by atoms with Crippen LogP contribution in [-0.4, -0.2) is 17.9 Å². The summed E-state index contributed by atoms with van der Waals surface area (Å²) in [6.45, 7) is 4.11. The average Bonchev–Trinajstić information content (AvgIpc) is 2.74. The van der Waals surface area contributed by atoms with Crippen LogP contribution in [0.5, 0.6) is 0 Å². The van der Waals surface area contributed by atoms with Crippen LogP contribution < -0.4 is 10.6 Å². The van der Waals surface area contributed by atoms with Crippen LogP contribution in [0, 0.1) is 0 Å². The van der Waals surface area contributed by atoms with Crippen molar-refractivity contribution in [1.82, 2.24) is 5.32 Å². The quantitative estimate of drug-likeness (QED) is 0.854. The van der Waals surface area contributed by atoms with Crippen LogP contribution in [0.1, 0.15) is 42.6 Å². The van der Waals surface area contributed by atoms with E-state index in [1.165, 1.54) is 0 Å². The topological polar surface area (TPSA) is 58.2 Å². The van der Waals surface area contributed by atoms with E-state index in [0.29, 0.717) is 12.0 Å². The molecule has 2 amide bonds. The van der Waals surface area contributed by atoms with Gasteiger partial charge in [0, 0.05) is 17.3 Å². The molecule has 18 heavy (non-hydrogen) atoms. The van der Waals surface area contributed by atoms with Gasteiger partial charge in [0.05, 0.1) is 6.42 Å². The molecule has 0 saturated carbocycles. The minimum atomic E-state index is -0.0763. The van der Waals surface area contributed by atoms with Gasteiger partial charge in [-0.15, -0.1) is 0 Å². The Bertz CT molecular complexity index is 479. The predicted octanol–water partition coefficient (Wildman–Crippen LogP) is 2.10. The third-order valence-electron chi connectivity index (χ3n) is 3.32. The van der Waals surface area contributed by atoms with Gasteiger partial charge in [-0.05, 0) is 30.5 Å². The highest BCUT2D eigenvalue weighted by molar-refractivity contribution is 6.02. The van der Waals surface area contributed by atoms with Gasteiger partial charge < -0.3 is 10.6 Å². The van der Waals surface area contributed by atoms with Gasteiger partial charge in [-0.1, -0.05) is 19.9 Å². The highest BCUT2D eigenvalue weighted by atomic mass is 16.2. The minimum absolute atomic E-state index is 0.0115. The van der Waals surface area contributed by atoms with Crippen LogP contribution in [0.4, 0.5) is 5.69 Å². The van der Waals surface area contributed by atoms with Crippen molar-refractivity contribution in [3.05, 3.63) is 29.3 Å². The first-order valence-electron chi connectivity index (χ1n) is 6.37. The molecule has 1 aliphatic heterocycles. The zero-order chi connectivity index (χ0) is 13.1. The fraction of sp³-hybridized carbons (Fsp3) is 0.429. The average molecular weight is 246 g/mol. The van der Waals surface area contributed by atoms with E-state index in [0.717, 1.165) is 24.1 Å². The first-order chi connectivity index (χ1) is 8.63. The standard InChI is InChI=1S/C14H18N2O2/c1-3-11(4-2)15-14(18)10-6-5-9-8-13(17)16-12(9)7-10/h5-7,11H,3-4,8H2,1-2H3,(H,15,18)(H,16,17). The summed E-state index contributed by atoms with van der Waals surface area (Å²) < 4.78 is 0. The molecule has 0 bridgehead atoms. The molecule has 0 spiro atoms. The highest BCUT2D eigenvalue weighted by Crippen LogP contribution is 2.24. The van der Waals surface area contributed by atoms with E-state index in [4.69, 9.17) is 0 Å². The van der Waals surface area contributed by atoms with Gasteiger partial charge in [-0.3, -0.25) is 9.59 Å². The second-order valence-electron chi connectivity index (χ2n) is 4.58. The minimum Gasteiger partial charge on any atom is -0.349 e. The zero-order valence-electron chi connectivity index (χ0n) is 10.7. The molecule has 0 radical (unpaired) electrons. The van der Waals surface area contributed by atoms with Crippen molar-refractivity contribution >= 4 is 17.5 Å². The lowest BCUT2D eigenvalue weighted by molar-refractivity contribution is -0.115. The van der Waals surface area contributed by atoms with E-state index in [9.17, 15) is 9.59 Å². The second-order valence-corrected chi connectivity index (χ2v) is 4.58. The molecule has 1 aromatic rings. The van der Waals surface area contributed by atoms with Gasteiger partial charge in [0.1, 0.15) is 0 Å². The second kappa shape index (κ2) is 5.21. The summed E-state index contributed by atoms with van der Waals surface area (Å²) in [5, 5.41) is 5.74. The molecule has 4 heteroatoms. The van der Waals surface area contributed by atoms with E-state index in [1.807, 2.05) is 6.07 Å². The smallest absolute Gasteiger partial charge is 0.251 e. The van der Waals surface area contributed by atoms with Crippen molar-refractivity contribution < 1.29 is 9.59 Å². The van der Waals surface area contributed by atoms with E-state index in [-0.39, 0.29) is 17.9 Å². The summed E-state index contributed by atoms with van der Waals surface area (Å²) in [5.41, 5.74) is 2.32. The van der Waals surface area contributed by atoms with Crippen molar-refractivity contribution in [2.24, 2.45) is 0 Å². The molecular weight excluding hydrogens is 228 g/mol. The van der Waals surface area contributed by atoms with Crippen LogP contribution >= 0.6 is 0 Å². The Morgan fingerprint density at radius 1 is 1.39 bits per heavy atom. The maximum atomic E-state index is 12.0. The zero-order valence-corrected chi connectivity index (χ0v) is 10.7. The number of nitrogens with one attached hydrogen (secondary N) is 2. The molecule has 2 rings (SSSR count). The fourth-order valence-electron chi connectivity index (χ4n) is 2.12. The normalized spacial score (nSPS) is 13.4. The molecule has 1 aromatic carbocycles. The summed E-state index contributed by atoms with van der Waals surface area (Å²) in [4.78, 5) is 23.3. The van der Waals surface area contributed by atoms with Crippen molar-refractivity contribution in [3.63, 3.8) is 0 Å². The Morgan fingerprint density at radius 3 is 2.78 bits per heavy atom. The van der Waals surface area contributed by atoms with Crippen molar-refractivity contribution in [1.29, 1.82) is 0 Å². The lowest BCUT2D eigenvalue weighted by atomic mass is 10.1. The molecule has 1 aliphatic rings. The Kier molecular flexibility index (Phi) is 3.65. The van der Waals surface area contributed by atoms with Crippen molar-refractivity contribution in [2.75, 3.05) is 5.32 Å². The maximum absolute atomic E-state index is 12.0. The van der Waals surface area contributed by atoms with Crippen LogP contribution in [0.3, 0.4) is 0 Å². The lowest BCUT2D eigenvalue weighted by Crippen LogP contribution is -2.33. The first kappa shape index (κ1) is 12.6. The number of fused-ring (bicyclic) bond motifs is 1. The highest BCUT2D eigenvalue weighted by Gasteiger charge is 2.19. The van der Waals surface area contributed by atoms with Gasteiger partial charge in [0.25, 0.3) is 5.91 Å². The van der Waals surface area contributed by atoms with Gasteiger partial charge >= 0.3 is 0 Å². The van der Waals surface area contributed by atoms with E-state index < -0.39 is 0 Å². The third kappa shape index (κ3) is 2.53. The molecular formula is C14H18N2O2. The first-order valence-corrected chi connectivity index (χ1v) is 6.37. The van der Waals surface area contributed by atoms with E-state index in [2.05, 4.69) is 24.5 Å². The number of amides is 2. The Labute approximate surface area is 107 Å². The van der Waals surface area contributed by atoms with Gasteiger partial charge in [0.2, 0.25) is 5.91 Å². The lowest BCUT2D eigenvalue weighted by Gasteiger charge is -2.15. The van der Waals surface area contributed by atoms with Gasteiger partial charge in [-0.2, -0.15) is 0 Å². The Hall–Kier alpha value is -1.84.